The molecule has 0 spiro atoms. The van der Waals surface area contributed by atoms with E-state index in [2.05, 4.69) is 10.6 Å². The van der Waals surface area contributed by atoms with Gasteiger partial charge in [-0.1, -0.05) is 24.3 Å². The number of piperidine rings is 1. The van der Waals surface area contributed by atoms with Gasteiger partial charge in [0.05, 0.1) is 12.3 Å². The molecule has 0 bridgehead atoms. The van der Waals surface area contributed by atoms with Crippen molar-refractivity contribution in [2.75, 3.05) is 19.0 Å². The Morgan fingerprint density at radius 1 is 1.20 bits per heavy atom. The van der Waals surface area contributed by atoms with Crippen molar-refractivity contribution in [1.29, 1.82) is 5.41 Å². The van der Waals surface area contributed by atoms with Crippen molar-refractivity contribution < 1.29 is 19.1 Å². The first-order valence-electron chi connectivity index (χ1n) is 9.73. The van der Waals surface area contributed by atoms with Crippen LogP contribution in [0.3, 0.4) is 0 Å². The maximum absolute atomic E-state index is 12.9. The van der Waals surface area contributed by atoms with Crippen LogP contribution in [0, 0.1) is 5.41 Å². The van der Waals surface area contributed by atoms with Crippen molar-refractivity contribution in [3.05, 3.63) is 59.2 Å². The second-order valence-electron chi connectivity index (χ2n) is 7.25. The number of imide groups is 1. The first-order valence-corrected chi connectivity index (χ1v) is 9.73. The fourth-order valence-electron chi connectivity index (χ4n) is 3.88. The van der Waals surface area contributed by atoms with E-state index in [-0.39, 0.29) is 31.4 Å². The number of anilines is 1. The van der Waals surface area contributed by atoms with E-state index >= 15 is 0 Å². The van der Waals surface area contributed by atoms with E-state index in [9.17, 15) is 14.4 Å². The largest absolute Gasteiger partial charge is 0.487 e. The second-order valence-corrected chi connectivity index (χ2v) is 7.25. The standard InChI is InChI=1S/C22H22N4O4/c1-24-17-7-3-2-5-14(17)16(23)12-30-19-8-4-6-13-15(19)11-26(22(13)29)18-9-10-20(27)25-21(18)28/h2-8,18,23-24H,9-12H2,1H3,(H,25,27,28). The number of carbonyl (C=O) groups is 3. The number of amides is 3. The average molecular weight is 406 g/mol. The maximum atomic E-state index is 12.9. The Hall–Kier alpha value is -3.68. The van der Waals surface area contributed by atoms with Crippen LogP contribution in [0.5, 0.6) is 5.75 Å². The Kier molecular flexibility index (Phi) is 5.22. The molecule has 8 heteroatoms. The van der Waals surface area contributed by atoms with Gasteiger partial charge in [-0.3, -0.25) is 19.7 Å². The lowest BCUT2D eigenvalue weighted by atomic mass is 10.0. The third kappa shape index (κ3) is 3.52. The van der Waals surface area contributed by atoms with Crippen molar-refractivity contribution in [2.24, 2.45) is 0 Å². The molecule has 2 aromatic carbocycles. The van der Waals surface area contributed by atoms with Crippen LogP contribution in [0.25, 0.3) is 0 Å². The molecule has 3 amide bonds. The van der Waals surface area contributed by atoms with Gasteiger partial charge in [0.25, 0.3) is 5.91 Å². The maximum Gasteiger partial charge on any atom is 0.255 e. The molecule has 30 heavy (non-hydrogen) atoms. The van der Waals surface area contributed by atoms with Crippen molar-refractivity contribution in [3.8, 4) is 5.75 Å². The third-order valence-electron chi connectivity index (χ3n) is 5.43. The van der Waals surface area contributed by atoms with Gasteiger partial charge in [0.15, 0.2) is 0 Å². The molecule has 0 saturated carbocycles. The predicted molar refractivity (Wildman–Crippen MR) is 111 cm³/mol. The smallest absolute Gasteiger partial charge is 0.255 e. The minimum atomic E-state index is -0.670. The number of nitrogens with zero attached hydrogens (tertiary/aromatic N) is 1. The van der Waals surface area contributed by atoms with E-state index in [1.165, 1.54) is 4.90 Å². The molecule has 2 aromatic rings. The summed E-state index contributed by atoms with van der Waals surface area (Å²) in [6.07, 6.45) is 0.522. The van der Waals surface area contributed by atoms with Gasteiger partial charge in [-0.2, -0.15) is 0 Å². The molecular formula is C22H22N4O4. The summed E-state index contributed by atoms with van der Waals surface area (Å²) in [7, 11) is 1.80. The van der Waals surface area contributed by atoms with Gasteiger partial charge in [-0.25, -0.2) is 0 Å². The lowest BCUT2D eigenvalue weighted by Crippen LogP contribution is -2.52. The Labute approximate surface area is 173 Å². The summed E-state index contributed by atoms with van der Waals surface area (Å²) in [5.74, 6) is -0.493. The molecule has 1 atom stereocenters. The minimum Gasteiger partial charge on any atom is -0.487 e. The van der Waals surface area contributed by atoms with Crippen LogP contribution < -0.4 is 15.4 Å². The first-order chi connectivity index (χ1) is 14.5. The Balaban J connectivity index is 1.51. The van der Waals surface area contributed by atoms with E-state index < -0.39 is 11.9 Å². The lowest BCUT2D eigenvalue weighted by Gasteiger charge is -2.29. The van der Waals surface area contributed by atoms with Gasteiger partial charge >= 0.3 is 0 Å². The molecule has 2 aliphatic heterocycles. The number of carbonyl (C=O) groups excluding carboxylic acids is 3. The molecule has 1 unspecified atom stereocenters. The zero-order chi connectivity index (χ0) is 21.3. The summed E-state index contributed by atoms with van der Waals surface area (Å²) in [6, 6.07) is 12.0. The van der Waals surface area contributed by atoms with Gasteiger partial charge in [-0.15, -0.1) is 0 Å². The predicted octanol–water partition coefficient (Wildman–Crippen LogP) is 1.94. The van der Waals surface area contributed by atoms with E-state index in [1.807, 2.05) is 24.3 Å². The topological polar surface area (TPSA) is 112 Å². The molecule has 0 aromatic heterocycles. The Bertz CT molecular complexity index is 1050. The fourth-order valence-corrected chi connectivity index (χ4v) is 3.88. The monoisotopic (exact) mass is 406 g/mol. The summed E-state index contributed by atoms with van der Waals surface area (Å²) in [6.45, 7) is 0.277. The highest BCUT2D eigenvalue weighted by atomic mass is 16.5. The van der Waals surface area contributed by atoms with Crippen LogP contribution in [0.2, 0.25) is 0 Å². The number of fused-ring (bicyclic) bond motifs is 1. The molecule has 0 aliphatic carbocycles. The number of para-hydroxylation sites is 1. The number of rotatable bonds is 6. The number of nitrogens with one attached hydrogen (secondary N) is 3. The zero-order valence-corrected chi connectivity index (χ0v) is 16.5. The van der Waals surface area contributed by atoms with Crippen LogP contribution in [-0.4, -0.2) is 48.0 Å². The number of benzene rings is 2. The highest BCUT2D eigenvalue weighted by Crippen LogP contribution is 2.33. The normalized spacial score (nSPS) is 18.1. The van der Waals surface area contributed by atoms with Gasteiger partial charge in [0, 0.05) is 35.8 Å². The average Bonchev–Trinajstić information content (AvgIpc) is 3.09. The van der Waals surface area contributed by atoms with Gasteiger partial charge in [-0.05, 0) is 24.6 Å². The highest BCUT2D eigenvalue weighted by Gasteiger charge is 2.40. The van der Waals surface area contributed by atoms with Crippen molar-refractivity contribution in [3.63, 3.8) is 0 Å². The van der Waals surface area contributed by atoms with Gasteiger partial charge in [0.1, 0.15) is 18.4 Å². The molecular weight excluding hydrogens is 384 g/mol. The van der Waals surface area contributed by atoms with Crippen LogP contribution in [0.1, 0.15) is 34.3 Å². The van der Waals surface area contributed by atoms with Gasteiger partial charge < -0.3 is 20.4 Å². The Morgan fingerprint density at radius 2 is 2.00 bits per heavy atom. The second kappa shape index (κ2) is 7.98. The number of hydrogen-bond donors (Lipinski definition) is 3. The molecule has 1 saturated heterocycles. The van der Waals surface area contributed by atoms with Crippen molar-refractivity contribution >= 4 is 29.1 Å². The first kappa shape index (κ1) is 19.6. The van der Waals surface area contributed by atoms with E-state index in [1.54, 1.807) is 25.2 Å². The zero-order valence-electron chi connectivity index (χ0n) is 16.5. The van der Waals surface area contributed by atoms with Crippen LogP contribution in [0.4, 0.5) is 5.69 Å². The highest BCUT2D eigenvalue weighted by molar-refractivity contribution is 6.06. The van der Waals surface area contributed by atoms with Crippen molar-refractivity contribution in [2.45, 2.75) is 25.4 Å². The lowest BCUT2D eigenvalue weighted by molar-refractivity contribution is -0.136. The summed E-state index contributed by atoms with van der Waals surface area (Å²) < 4.78 is 5.91. The van der Waals surface area contributed by atoms with Crippen LogP contribution in [0.15, 0.2) is 42.5 Å². The molecule has 2 aliphatic rings. The van der Waals surface area contributed by atoms with Crippen LogP contribution >= 0.6 is 0 Å². The molecule has 154 valence electrons. The number of ether oxygens (including phenoxy) is 1. The SMILES string of the molecule is CNc1ccccc1C(=N)COc1cccc2c1CN(C1CCC(=O)NC1=O)C2=O. The number of hydrogen-bond acceptors (Lipinski definition) is 6. The van der Waals surface area contributed by atoms with Gasteiger partial charge in [0.2, 0.25) is 11.8 Å². The molecule has 8 nitrogen and oxygen atoms in total. The molecule has 3 N–H and O–H groups in total. The Morgan fingerprint density at radius 3 is 2.77 bits per heavy atom. The van der Waals surface area contributed by atoms with E-state index in [0.29, 0.717) is 29.0 Å². The molecule has 4 rings (SSSR count). The summed E-state index contributed by atoms with van der Waals surface area (Å²) in [4.78, 5) is 38.0. The fraction of sp³-hybridized carbons (Fsp3) is 0.273. The summed E-state index contributed by atoms with van der Waals surface area (Å²) in [5.41, 5.74) is 3.07. The van der Waals surface area contributed by atoms with E-state index in [4.69, 9.17) is 10.1 Å². The quantitative estimate of drug-likeness (QED) is 0.501. The van der Waals surface area contributed by atoms with Crippen molar-refractivity contribution in [1.82, 2.24) is 10.2 Å². The van der Waals surface area contributed by atoms with E-state index in [0.717, 1.165) is 11.3 Å². The molecule has 0 radical (unpaired) electrons. The van der Waals surface area contributed by atoms with Crippen LogP contribution in [-0.2, 0) is 16.1 Å². The third-order valence-corrected chi connectivity index (χ3v) is 5.43. The minimum absolute atomic E-state index is 0.0434. The molecule has 2 heterocycles. The molecule has 1 fully saturated rings. The summed E-state index contributed by atoms with van der Waals surface area (Å²) in [5, 5.41) is 13.7. The summed E-state index contributed by atoms with van der Waals surface area (Å²) >= 11 is 0.